The van der Waals surface area contributed by atoms with E-state index in [0.717, 1.165) is 0 Å². The van der Waals surface area contributed by atoms with E-state index < -0.39 is 17.0 Å². The highest BCUT2D eigenvalue weighted by atomic mass is 16.6. The minimum absolute atomic E-state index is 0.0754. The Balaban J connectivity index is 2.06. The second-order valence-electron chi connectivity index (χ2n) is 5.46. The van der Waals surface area contributed by atoms with Crippen molar-refractivity contribution < 1.29 is 24.3 Å². The highest BCUT2D eigenvalue weighted by molar-refractivity contribution is 5.94. The van der Waals surface area contributed by atoms with Crippen LogP contribution in [0.1, 0.15) is 21.7 Å². The van der Waals surface area contributed by atoms with Crippen LogP contribution in [0, 0.1) is 24.0 Å². The summed E-state index contributed by atoms with van der Waals surface area (Å²) in [5.74, 6) is -0.0864. The van der Waals surface area contributed by atoms with Crippen molar-refractivity contribution in [2.45, 2.75) is 26.5 Å². The smallest absolute Gasteiger partial charge is 0.381 e. The third-order valence-corrected chi connectivity index (χ3v) is 3.61. The fourth-order valence-electron chi connectivity index (χ4n) is 2.35. The molecule has 0 bridgehead atoms. The number of rotatable bonds is 7. The molecule has 2 rings (SSSR count). The minimum atomic E-state index is -0.946. The molecule has 0 aliphatic rings. The third-order valence-electron chi connectivity index (χ3n) is 3.61. The second-order valence-corrected chi connectivity index (χ2v) is 5.46. The van der Waals surface area contributed by atoms with Gasteiger partial charge in [-0.15, -0.1) is 0 Å². The number of methoxy groups -OCH3 is 1. The van der Waals surface area contributed by atoms with Gasteiger partial charge in [-0.2, -0.15) is 0 Å². The van der Waals surface area contributed by atoms with Crippen LogP contribution in [0.15, 0.2) is 24.4 Å². The number of nitro groups is 1. The number of carbonyl (C=O) groups is 1. The van der Waals surface area contributed by atoms with Crippen LogP contribution in [-0.4, -0.2) is 45.4 Å². The number of carbonyl (C=O) groups excluding carboxylic acids is 1. The molecule has 0 amide bonds. The molecule has 25 heavy (non-hydrogen) atoms. The predicted octanol–water partition coefficient (Wildman–Crippen LogP) is 1.63. The Hall–Kier alpha value is -2.94. The molecule has 0 saturated carbocycles. The van der Waals surface area contributed by atoms with E-state index in [1.807, 2.05) is 0 Å². The van der Waals surface area contributed by atoms with Crippen LogP contribution in [-0.2, 0) is 11.3 Å². The van der Waals surface area contributed by atoms with Crippen molar-refractivity contribution in [3.8, 4) is 5.75 Å². The van der Waals surface area contributed by atoms with Crippen LogP contribution in [0.25, 0.3) is 0 Å². The number of hydrogen-bond donors (Lipinski definition) is 1. The molecule has 9 heteroatoms. The van der Waals surface area contributed by atoms with Gasteiger partial charge in [-0.25, -0.2) is 4.79 Å². The maximum absolute atomic E-state index is 11.9. The SMILES string of the molecule is COC(=O)c1c(C)cccc1OCC(O)Cn1cc([N+](=O)[O-])nc1C. The van der Waals surface area contributed by atoms with Gasteiger partial charge in [0.25, 0.3) is 0 Å². The lowest BCUT2D eigenvalue weighted by Crippen LogP contribution is -2.24. The van der Waals surface area contributed by atoms with Crippen molar-refractivity contribution in [2.75, 3.05) is 13.7 Å². The molecule has 9 nitrogen and oxygen atoms in total. The van der Waals surface area contributed by atoms with Crippen LogP contribution in [0.3, 0.4) is 0 Å². The molecular formula is C16H19N3O6. The molecule has 1 aromatic carbocycles. The summed E-state index contributed by atoms with van der Waals surface area (Å²) in [5.41, 5.74) is 0.992. The summed E-state index contributed by atoms with van der Waals surface area (Å²) >= 11 is 0. The number of esters is 1. The lowest BCUT2D eigenvalue weighted by molar-refractivity contribution is -0.389. The summed E-state index contributed by atoms with van der Waals surface area (Å²) < 4.78 is 11.8. The summed E-state index contributed by atoms with van der Waals surface area (Å²) in [7, 11) is 1.28. The average molecular weight is 349 g/mol. The molecule has 0 aliphatic carbocycles. The Morgan fingerprint density at radius 3 is 2.76 bits per heavy atom. The highest BCUT2D eigenvalue weighted by Crippen LogP contribution is 2.23. The van der Waals surface area contributed by atoms with Crippen molar-refractivity contribution in [1.82, 2.24) is 9.55 Å². The van der Waals surface area contributed by atoms with E-state index in [4.69, 9.17) is 9.47 Å². The first-order chi connectivity index (χ1) is 11.8. The van der Waals surface area contributed by atoms with E-state index in [1.165, 1.54) is 17.9 Å². The number of benzene rings is 1. The van der Waals surface area contributed by atoms with Gasteiger partial charge in [-0.3, -0.25) is 0 Å². The fraction of sp³-hybridized carbons (Fsp3) is 0.375. The molecule has 0 radical (unpaired) electrons. The first-order valence-electron chi connectivity index (χ1n) is 7.50. The average Bonchev–Trinajstić information content (AvgIpc) is 2.93. The van der Waals surface area contributed by atoms with E-state index in [1.54, 1.807) is 32.0 Å². The number of aryl methyl sites for hydroxylation is 2. The predicted molar refractivity (Wildman–Crippen MR) is 87.6 cm³/mol. The number of ether oxygens (including phenoxy) is 2. The molecule has 0 fully saturated rings. The van der Waals surface area contributed by atoms with Crippen LogP contribution >= 0.6 is 0 Å². The molecule has 1 unspecified atom stereocenters. The normalized spacial score (nSPS) is 11.8. The van der Waals surface area contributed by atoms with Crippen molar-refractivity contribution >= 4 is 11.8 Å². The van der Waals surface area contributed by atoms with Gasteiger partial charge in [0.15, 0.2) is 0 Å². The van der Waals surface area contributed by atoms with Gasteiger partial charge in [0.2, 0.25) is 5.82 Å². The van der Waals surface area contributed by atoms with Gasteiger partial charge in [-0.05, 0) is 28.5 Å². The largest absolute Gasteiger partial charge is 0.490 e. The number of aromatic nitrogens is 2. The lowest BCUT2D eigenvalue weighted by Gasteiger charge is -2.15. The van der Waals surface area contributed by atoms with E-state index in [0.29, 0.717) is 22.7 Å². The maximum Gasteiger partial charge on any atom is 0.381 e. The first kappa shape index (κ1) is 18.4. The molecule has 2 aromatic rings. The Morgan fingerprint density at radius 2 is 2.16 bits per heavy atom. The van der Waals surface area contributed by atoms with E-state index in [9.17, 15) is 20.0 Å². The Bertz CT molecular complexity index is 786. The summed E-state index contributed by atoms with van der Waals surface area (Å²) in [5, 5.41) is 20.9. The zero-order valence-electron chi connectivity index (χ0n) is 14.1. The molecule has 1 heterocycles. The minimum Gasteiger partial charge on any atom is -0.490 e. The van der Waals surface area contributed by atoms with Crippen LogP contribution in [0.5, 0.6) is 5.75 Å². The Morgan fingerprint density at radius 1 is 1.44 bits per heavy atom. The standard InChI is InChI=1S/C16H19N3O6/c1-10-5-4-6-13(15(10)16(21)24-3)25-9-12(20)7-18-8-14(19(22)23)17-11(18)2/h4-6,8,12,20H,7,9H2,1-3H3. The quantitative estimate of drug-likeness (QED) is 0.459. The summed E-state index contributed by atoms with van der Waals surface area (Å²) in [6.07, 6.45) is 0.309. The number of aliphatic hydroxyl groups is 1. The molecule has 0 saturated heterocycles. The Labute approximate surface area is 144 Å². The summed E-state index contributed by atoms with van der Waals surface area (Å²) in [6, 6.07) is 5.09. The number of aliphatic hydroxyl groups excluding tert-OH is 1. The van der Waals surface area contributed by atoms with Crippen molar-refractivity contribution in [1.29, 1.82) is 0 Å². The van der Waals surface area contributed by atoms with Crippen LogP contribution < -0.4 is 4.74 Å². The summed E-state index contributed by atoms with van der Waals surface area (Å²) in [6.45, 7) is 3.34. The topological polar surface area (TPSA) is 117 Å². The first-order valence-corrected chi connectivity index (χ1v) is 7.50. The van der Waals surface area contributed by atoms with Crippen molar-refractivity contribution in [2.24, 2.45) is 0 Å². The van der Waals surface area contributed by atoms with Gasteiger partial charge in [-0.1, -0.05) is 12.1 Å². The van der Waals surface area contributed by atoms with E-state index in [2.05, 4.69) is 4.98 Å². The monoisotopic (exact) mass is 349 g/mol. The van der Waals surface area contributed by atoms with Crippen molar-refractivity contribution in [3.05, 3.63) is 51.5 Å². The fourth-order valence-corrected chi connectivity index (χ4v) is 2.35. The highest BCUT2D eigenvalue weighted by Gasteiger charge is 2.19. The molecule has 0 aliphatic heterocycles. The Kier molecular flexibility index (Phi) is 5.71. The zero-order chi connectivity index (χ0) is 18.6. The molecule has 1 aromatic heterocycles. The second kappa shape index (κ2) is 7.75. The number of imidazole rings is 1. The van der Waals surface area contributed by atoms with Gasteiger partial charge in [0.1, 0.15) is 30.2 Å². The third kappa shape index (κ3) is 4.32. The maximum atomic E-state index is 11.9. The lowest BCUT2D eigenvalue weighted by atomic mass is 10.1. The van der Waals surface area contributed by atoms with E-state index >= 15 is 0 Å². The van der Waals surface area contributed by atoms with Gasteiger partial charge in [0.05, 0.1) is 13.7 Å². The van der Waals surface area contributed by atoms with Crippen molar-refractivity contribution in [3.63, 3.8) is 0 Å². The number of nitrogens with zero attached hydrogens (tertiary/aromatic N) is 3. The van der Waals surface area contributed by atoms with Gasteiger partial charge < -0.3 is 29.3 Å². The number of hydrogen-bond acceptors (Lipinski definition) is 7. The molecular weight excluding hydrogens is 330 g/mol. The van der Waals surface area contributed by atoms with Gasteiger partial charge >= 0.3 is 11.8 Å². The van der Waals surface area contributed by atoms with Crippen LogP contribution in [0.2, 0.25) is 0 Å². The van der Waals surface area contributed by atoms with Gasteiger partial charge in [0, 0.05) is 6.92 Å². The molecule has 1 N–H and O–H groups in total. The summed E-state index contributed by atoms with van der Waals surface area (Å²) in [4.78, 5) is 25.8. The van der Waals surface area contributed by atoms with E-state index in [-0.39, 0.29) is 19.0 Å². The zero-order valence-corrected chi connectivity index (χ0v) is 14.1. The molecule has 134 valence electrons. The van der Waals surface area contributed by atoms with Crippen LogP contribution in [0.4, 0.5) is 5.82 Å². The molecule has 0 spiro atoms. The molecule has 1 atom stereocenters.